The Kier molecular flexibility index (Phi) is 3.73. The zero-order valence-corrected chi connectivity index (χ0v) is 10.4. The number of aryl methyl sites for hydroxylation is 1. The van der Waals surface area contributed by atoms with E-state index in [1.54, 1.807) is 0 Å². The van der Waals surface area contributed by atoms with Crippen LogP contribution in [0.25, 0.3) is 0 Å². The summed E-state index contributed by atoms with van der Waals surface area (Å²) in [5, 5.41) is 14.2. The Bertz CT molecular complexity index is 401. The van der Waals surface area contributed by atoms with Crippen LogP contribution in [0.1, 0.15) is 38.0 Å². The van der Waals surface area contributed by atoms with E-state index in [4.69, 9.17) is 0 Å². The summed E-state index contributed by atoms with van der Waals surface area (Å²) in [6, 6.07) is -0.0829. The summed E-state index contributed by atoms with van der Waals surface area (Å²) < 4.78 is 2.11. The molecule has 0 aromatic carbocycles. The van der Waals surface area contributed by atoms with Crippen molar-refractivity contribution in [2.24, 2.45) is 0 Å². The lowest BCUT2D eigenvalue weighted by Gasteiger charge is -2.13. The fraction of sp³-hybridized carbons (Fsp3) is 0.727. The number of fused-ring (bicyclic) bond motifs is 1. The molecule has 6 nitrogen and oxygen atoms in total. The normalized spacial score (nSPS) is 15.6. The van der Waals surface area contributed by atoms with Gasteiger partial charge in [0.2, 0.25) is 5.91 Å². The molecule has 1 atom stereocenters. The Hall–Kier alpha value is -1.43. The molecule has 0 saturated carbocycles. The van der Waals surface area contributed by atoms with Gasteiger partial charge in [-0.2, -0.15) is 0 Å². The average Bonchev–Trinajstić information content (AvgIpc) is 2.87. The molecule has 2 rings (SSSR count). The number of hydrogen-bond donors (Lipinski definition) is 2. The molecule has 1 aromatic rings. The van der Waals surface area contributed by atoms with Gasteiger partial charge in [-0.15, -0.1) is 10.2 Å². The molecule has 1 unspecified atom stereocenters. The van der Waals surface area contributed by atoms with Crippen molar-refractivity contribution in [3.8, 4) is 0 Å². The fourth-order valence-corrected chi connectivity index (χ4v) is 2.09. The first kappa shape index (κ1) is 12.0. The molecule has 2 heterocycles. The number of hydrogen-bond acceptors (Lipinski definition) is 4. The van der Waals surface area contributed by atoms with Crippen molar-refractivity contribution in [3.63, 3.8) is 0 Å². The second kappa shape index (κ2) is 5.27. The van der Waals surface area contributed by atoms with Crippen LogP contribution in [0.15, 0.2) is 0 Å². The Labute approximate surface area is 101 Å². The molecule has 94 valence electrons. The van der Waals surface area contributed by atoms with E-state index in [2.05, 4.69) is 25.4 Å². The fourth-order valence-electron chi connectivity index (χ4n) is 2.09. The lowest BCUT2D eigenvalue weighted by Crippen LogP contribution is -2.36. The Balaban J connectivity index is 1.95. The second-order valence-corrected chi connectivity index (χ2v) is 4.30. The van der Waals surface area contributed by atoms with Crippen LogP contribution in [0.2, 0.25) is 0 Å². The Morgan fingerprint density at radius 1 is 1.53 bits per heavy atom. The maximum Gasteiger partial charge on any atom is 0.234 e. The summed E-state index contributed by atoms with van der Waals surface area (Å²) in [5.41, 5.74) is 0. The van der Waals surface area contributed by atoms with Gasteiger partial charge in [-0.05, 0) is 19.9 Å². The molecular weight excluding hydrogens is 218 g/mol. The summed E-state index contributed by atoms with van der Waals surface area (Å²) in [5.74, 6) is 1.89. The average molecular weight is 237 g/mol. The SMILES string of the molecule is CCNCC(=O)NC(C)c1nnc2n1CCC2. The van der Waals surface area contributed by atoms with E-state index in [1.807, 2.05) is 13.8 Å². The van der Waals surface area contributed by atoms with Gasteiger partial charge in [0.05, 0.1) is 12.6 Å². The molecule has 0 bridgehead atoms. The minimum atomic E-state index is -0.0829. The molecule has 0 spiro atoms. The third-order valence-electron chi connectivity index (χ3n) is 2.94. The highest BCUT2D eigenvalue weighted by Crippen LogP contribution is 2.18. The number of nitrogens with one attached hydrogen (secondary N) is 2. The van der Waals surface area contributed by atoms with Crippen molar-refractivity contribution in [2.75, 3.05) is 13.1 Å². The quantitative estimate of drug-likeness (QED) is 0.757. The number of carbonyl (C=O) groups excluding carboxylic acids is 1. The van der Waals surface area contributed by atoms with E-state index in [9.17, 15) is 4.79 Å². The molecule has 2 N–H and O–H groups in total. The highest BCUT2D eigenvalue weighted by Gasteiger charge is 2.21. The van der Waals surface area contributed by atoms with E-state index in [0.29, 0.717) is 6.54 Å². The molecule has 0 saturated heterocycles. The van der Waals surface area contributed by atoms with E-state index in [-0.39, 0.29) is 11.9 Å². The summed E-state index contributed by atoms with van der Waals surface area (Å²) >= 11 is 0. The van der Waals surface area contributed by atoms with Gasteiger partial charge in [-0.3, -0.25) is 4.79 Å². The smallest absolute Gasteiger partial charge is 0.234 e. The molecular formula is C11H19N5O. The number of likely N-dealkylation sites (N-methyl/N-ethyl adjacent to an activating group) is 1. The maximum atomic E-state index is 11.6. The zero-order chi connectivity index (χ0) is 12.3. The van der Waals surface area contributed by atoms with Gasteiger partial charge >= 0.3 is 0 Å². The van der Waals surface area contributed by atoms with Gasteiger partial charge in [0, 0.05) is 13.0 Å². The van der Waals surface area contributed by atoms with Crippen molar-refractivity contribution < 1.29 is 4.79 Å². The minimum absolute atomic E-state index is 0.00491. The summed E-state index contributed by atoms with van der Waals surface area (Å²) in [7, 11) is 0. The first-order chi connectivity index (χ1) is 8.22. The van der Waals surface area contributed by atoms with E-state index in [1.165, 1.54) is 0 Å². The monoisotopic (exact) mass is 237 g/mol. The topological polar surface area (TPSA) is 71.8 Å². The Morgan fingerprint density at radius 2 is 2.35 bits per heavy atom. The molecule has 1 amide bonds. The van der Waals surface area contributed by atoms with E-state index < -0.39 is 0 Å². The third-order valence-corrected chi connectivity index (χ3v) is 2.94. The van der Waals surface area contributed by atoms with Crippen molar-refractivity contribution in [2.45, 2.75) is 39.3 Å². The number of carbonyl (C=O) groups is 1. The predicted molar refractivity (Wildman–Crippen MR) is 63.4 cm³/mol. The first-order valence-electron chi connectivity index (χ1n) is 6.14. The molecule has 1 aromatic heterocycles. The largest absolute Gasteiger partial charge is 0.345 e. The number of nitrogens with zero attached hydrogens (tertiary/aromatic N) is 3. The summed E-state index contributed by atoms with van der Waals surface area (Å²) in [6.45, 7) is 6.02. The summed E-state index contributed by atoms with van der Waals surface area (Å²) in [6.07, 6.45) is 2.11. The highest BCUT2D eigenvalue weighted by molar-refractivity contribution is 5.78. The van der Waals surface area contributed by atoms with Gasteiger partial charge in [0.1, 0.15) is 5.82 Å². The van der Waals surface area contributed by atoms with Crippen molar-refractivity contribution in [1.29, 1.82) is 0 Å². The van der Waals surface area contributed by atoms with Crippen LogP contribution in [-0.2, 0) is 17.8 Å². The maximum absolute atomic E-state index is 11.6. The van der Waals surface area contributed by atoms with Crippen LogP contribution < -0.4 is 10.6 Å². The lowest BCUT2D eigenvalue weighted by molar-refractivity contribution is -0.120. The lowest BCUT2D eigenvalue weighted by atomic mass is 10.3. The zero-order valence-electron chi connectivity index (χ0n) is 10.4. The number of rotatable bonds is 5. The van der Waals surface area contributed by atoms with E-state index in [0.717, 1.165) is 37.6 Å². The molecule has 0 fully saturated rings. The van der Waals surface area contributed by atoms with Crippen LogP contribution in [0.4, 0.5) is 0 Å². The van der Waals surface area contributed by atoms with Gasteiger partial charge in [0.25, 0.3) is 0 Å². The first-order valence-corrected chi connectivity index (χ1v) is 6.14. The van der Waals surface area contributed by atoms with Crippen LogP contribution >= 0.6 is 0 Å². The highest BCUT2D eigenvalue weighted by atomic mass is 16.2. The number of aromatic nitrogens is 3. The van der Waals surface area contributed by atoms with Crippen molar-refractivity contribution >= 4 is 5.91 Å². The van der Waals surface area contributed by atoms with Gasteiger partial charge in [-0.1, -0.05) is 6.92 Å². The van der Waals surface area contributed by atoms with Crippen LogP contribution in [0.5, 0.6) is 0 Å². The van der Waals surface area contributed by atoms with Crippen molar-refractivity contribution in [3.05, 3.63) is 11.6 Å². The Morgan fingerprint density at radius 3 is 3.12 bits per heavy atom. The van der Waals surface area contributed by atoms with Gasteiger partial charge < -0.3 is 15.2 Å². The second-order valence-electron chi connectivity index (χ2n) is 4.30. The van der Waals surface area contributed by atoms with Crippen LogP contribution in [0.3, 0.4) is 0 Å². The van der Waals surface area contributed by atoms with Crippen LogP contribution in [-0.4, -0.2) is 33.8 Å². The van der Waals surface area contributed by atoms with Crippen LogP contribution in [0, 0.1) is 0 Å². The molecule has 0 radical (unpaired) electrons. The number of amides is 1. The predicted octanol–water partition coefficient (Wildman–Crippen LogP) is 0.0110. The molecule has 0 aliphatic carbocycles. The minimum Gasteiger partial charge on any atom is -0.345 e. The van der Waals surface area contributed by atoms with Gasteiger partial charge in [-0.25, -0.2) is 0 Å². The molecule has 1 aliphatic heterocycles. The van der Waals surface area contributed by atoms with Crippen molar-refractivity contribution in [1.82, 2.24) is 25.4 Å². The third kappa shape index (κ3) is 2.63. The molecule has 6 heteroatoms. The van der Waals surface area contributed by atoms with Gasteiger partial charge in [0.15, 0.2) is 5.82 Å². The molecule has 1 aliphatic rings. The standard InChI is InChI=1S/C11H19N5O/c1-3-12-7-10(17)13-8(2)11-15-14-9-5-4-6-16(9)11/h8,12H,3-7H2,1-2H3,(H,13,17). The van der Waals surface area contributed by atoms with E-state index >= 15 is 0 Å². The summed E-state index contributed by atoms with van der Waals surface area (Å²) in [4.78, 5) is 11.6. The molecule has 17 heavy (non-hydrogen) atoms.